The van der Waals surface area contributed by atoms with Crippen molar-refractivity contribution in [1.29, 1.82) is 0 Å². The highest BCUT2D eigenvalue weighted by molar-refractivity contribution is 5.58. The van der Waals surface area contributed by atoms with Crippen molar-refractivity contribution in [2.45, 2.75) is 44.8 Å². The lowest BCUT2D eigenvalue weighted by Gasteiger charge is -2.42. The van der Waals surface area contributed by atoms with Gasteiger partial charge in [0, 0.05) is 48.2 Å². The van der Waals surface area contributed by atoms with E-state index in [0.717, 1.165) is 23.3 Å². The second-order valence-electron chi connectivity index (χ2n) is 8.85. The molecule has 1 saturated heterocycles. The van der Waals surface area contributed by atoms with Crippen LogP contribution in [0.3, 0.4) is 0 Å². The molecule has 7 nitrogen and oxygen atoms in total. The third-order valence-corrected chi connectivity index (χ3v) is 6.47. The summed E-state index contributed by atoms with van der Waals surface area (Å²) in [7, 11) is 0. The molecule has 0 radical (unpaired) electrons. The van der Waals surface area contributed by atoms with Gasteiger partial charge in [-0.2, -0.15) is 10.2 Å². The summed E-state index contributed by atoms with van der Waals surface area (Å²) >= 11 is 0. The molecule has 1 unspecified atom stereocenters. The Morgan fingerprint density at radius 2 is 1.97 bits per heavy atom. The van der Waals surface area contributed by atoms with Gasteiger partial charge in [0.1, 0.15) is 0 Å². The van der Waals surface area contributed by atoms with Gasteiger partial charge in [0.2, 0.25) is 0 Å². The van der Waals surface area contributed by atoms with E-state index in [1.165, 1.54) is 16.7 Å². The Kier molecular flexibility index (Phi) is 4.87. The van der Waals surface area contributed by atoms with Crippen molar-refractivity contribution >= 4 is 5.65 Å². The Morgan fingerprint density at radius 1 is 1.19 bits per heavy atom. The summed E-state index contributed by atoms with van der Waals surface area (Å²) in [6.45, 7) is 7.98. The molecule has 160 valence electrons. The lowest BCUT2D eigenvalue weighted by Crippen LogP contribution is -2.52. The normalized spacial score (nSPS) is 16.5. The van der Waals surface area contributed by atoms with E-state index in [4.69, 9.17) is 5.10 Å². The monoisotopic (exact) mass is 416 g/mol. The fraction of sp³-hybridized carbons (Fsp3) is 0.375. The van der Waals surface area contributed by atoms with E-state index in [-0.39, 0.29) is 17.6 Å². The summed E-state index contributed by atoms with van der Waals surface area (Å²) in [6, 6.07) is 10.8. The Labute approximate surface area is 181 Å². The number of rotatable bonds is 6. The van der Waals surface area contributed by atoms with Crippen LogP contribution < -0.4 is 0 Å². The van der Waals surface area contributed by atoms with Gasteiger partial charge < -0.3 is 5.11 Å². The number of nitrogens with one attached hydrogen (secondary N) is 1. The summed E-state index contributed by atoms with van der Waals surface area (Å²) in [5.41, 5.74) is 6.47. The van der Waals surface area contributed by atoms with Crippen LogP contribution in [-0.2, 0) is 11.8 Å². The van der Waals surface area contributed by atoms with Crippen molar-refractivity contribution < 1.29 is 5.11 Å². The summed E-state index contributed by atoms with van der Waals surface area (Å²) in [5, 5.41) is 21.6. The molecule has 0 bridgehead atoms. The summed E-state index contributed by atoms with van der Waals surface area (Å²) in [5.74, 6) is 0. The molecular formula is C24H28N6O. The average Bonchev–Trinajstić information content (AvgIpc) is 3.41. The van der Waals surface area contributed by atoms with E-state index in [9.17, 15) is 5.11 Å². The molecule has 0 spiro atoms. The van der Waals surface area contributed by atoms with E-state index in [1.54, 1.807) is 0 Å². The van der Waals surface area contributed by atoms with Gasteiger partial charge in [0.25, 0.3) is 0 Å². The second kappa shape index (κ2) is 7.59. The standard InChI is InChI=1S/C24H28N6O/c1-4-20-21(23-25-10-5-11-30(23)28-20)24(2,3)18-8-6-16(7-9-18)22(17-12-26-27-13-17)29-14-19(31)15-29/h5-13,19,22,31H,4,14-15H2,1-3H3,(H,26,27). The molecule has 3 aromatic heterocycles. The molecule has 1 fully saturated rings. The molecule has 0 aliphatic carbocycles. The van der Waals surface area contributed by atoms with E-state index in [0.29, 0.717) is 13.1 Å². The summed E-state index contributed by atoms with van der Waals surface area (Å²) in [4.78, 5) is 6.91. The lowest BCUT2D eigenvalue weighted by atomic mass is 9.77. The first-order valence-corrected chi connectivity index (χ1v) is 10.8. The molecule has 0 saturated carbocycles. The van der Waals surface area contributed by atoms with Crippen molar-refractivity contribution in [1.82, 2.24) is 29.7 Å². The van der Waals surface area contributed by atoms with Crippen molar-refractivity contribution in [3.05, 3.63) is 83.1 Å². The van der Waals surface area contributed by atoms with Gasteiger partial charge in [0.05, 0.1) is 24.0 Å². The minimum absolute atomic E-state index is 0.0872. The number of hydrogen-bond acceptors (Lipinski definition) is 5. The molecule has 1 aliphatic heterocycles. The van der Waals surface area contributed by atoms with Crippen molar-refractivity contribution in [2.75, 3.05) is 13.1 Å². The lowest BCUT2D eigenvalue weighted by molar-refractivity contribution is -0.0160. The zero-order valence-corrected chi connectivity index (χ0v) is 18.2. The van der Waals surface area contributed by atoms with Gasteiger partial charge in [-0.25, -0.2) is 9.50 Å². The van der Waals surface area contributed by atoms with Gasteiger partial charge in [0.15, 0.2) is 5.65 Å². The van der Waals surface area contributed by atoms with Crippen LogP contribution in [-0.4, -0.2) is 54.0 Å². The molecule has 7 heteroatoms. The molecular weight excluding hydrogens is 388 g/mol. The largest absolute Gasteiger partial charge is 0.390 e. The highest BCUT2D eigenvalue weighted by atomic mass is 16.3. The fourth-order valence-electron chi connectivity index (χ4n) is 4.77. The smallest absolute Gasteiger partial charge is 0.159 e. The van der Waals surface area contributed by atoms with Crippen LogP contribution in [0.5, 0.6) is 0 Å². The maximum absolute atomic E-state index is 9.83. The van der Waals surface area contributed by atoms with Crippen LogP contribution in [0.1, 0.15) is 54.8 Å². The number of aryl methyl sites for hydroxylation is 1. The second-order valence-corrected chi connectivity index (χ2v) is 8.85. The van der Waals surface area contributed by atoms with Crippen LogP contribution >= 0.6 is 0 Å². The van der Waals surface area contributed by atoms with Crippen LogP contribution in [0, 0.1) is 0 Å². The van der Waals surface area contributed by atoms with Gasteiger partial charge in [-0.3, -0.25) is 10.00 Å². The number of β-amino-alcohol motifs (C(OH)–C–C–N with tert-alkyl or cyclic N) is 1. The zero-order valence-electron chi connectivity index (χ0n) is 18.2. The topological polar surface area (TPSA) is 82.3 Å². The van der Waals surface area contributed by atoms with Crippen molar-refractivity contribution in [3.63, 3.8) is 0 Å². The van der Waals surface area contributed by atoms with E-state index in [1.807, 2.05) is 35.4 Å². The predicted octanol–water partition coefficient (Wildman–Crippen LogP) is 3.11. The molecule has 4 aromatic rings. The molecule has 0 amide bonds. The number of H-pyrrole nitrogens is 1. The Balaban J connectivity index is 1.52. The van der Waals surface area contributed by atoms with Gasteiger partial charge in [-0.05, 0) is 23.6 Å². The van der Waals surface area contributed by atoms with Crippen molar-refractivity contribution in [3.8, 4) is 0 Å². The molecule has 2 N–H and O–H groups in total. The molecule has 5 rings (SSSR count). The zero-order chi connectivity index (χ0) is 21.6. The number of aromatic nitrogens is 5. The minimum Gasteiger partial charge on any atom is -0.390 e. The number of likely N-dealkylation sites (tertiary alicyclic amines) is 1. The number of aromatic amines is 1. The van der Waals surface area contributed by atoms with Crippen LogP contribution in [0.4, 0.5) is 0 Å². The number of aliphatic hydroxyl groups is 1. The van der Waals surface area contributed by atoms with Gasteiger partial charge >= 0.3 is 0 Å². The minimum atomic E-state index is -0.247. The first kappa shape index (κ1) is 19.9. The number of nitrogens with zero attached hydrogens (tertiary/aromatic N) is 5. The third kappa shape index (κ3) is 3.34. The Bertz CT molecular complexity index is 1170. The number of aliphatic hydroxyl groups excluding tert-OH is 1. The van der Waals surface area contributed by atoms with Gasteiger partial charge in [-0.15, -0.1) is 0 Å². The highest BCUT2D eigenvalue weighted by Gasteiger charge is 2.34. The van der Waals surface area contributed by atoms with Crippen LogP contribution in [0.2, 0.25) is 0 Å². The molecule has 1 aliphatic rings. The first-order valence-electron chi connectivity index (χ1n) is 10.8. The van der Waals surface area contributed by atoms with E-state index in [2.05, 4.69) is 65.1 Å². The van der Waals surface area contributed by atoms with Gasteiger partial charge in [-0.1, -0.05) is 45.0 Å². The highest BCUT2D eigenvalue weighted by Crippen LogP contribution is 2.38. The van der Waals surface area contributed by atoms with E-state index < -0.39 is 0 Å². The summed E-state index contributed by atoms with van der Waals surface area (Å²) < 4.78 is 1.88. The van der Waals surface area contributed by atoms with E-state index >= 15 is 0 Å². The Morgan fingerprint density at radius 3 is 2.61 bits per heavy atom. The third-order valence-electron chi connectivity index (χ3n) is 6.47. The predicted molar refractivity (Wildman–Crippen MR) is 119 cm³/mol. The number of benzene rings is 1. The number of hydrogen-bond donors (Lipinski definition) is 2. The van der Waals surface area contributed by atoms with Crippen LogP contribution in [0.25, 0.3) is 5.65 Å². The maximum Gasteiger partial charge on any atom is 0.159 e. The van der Waals surface area contributed by atoms with Crippen molar-refractivity contribution in [2.24, 2.45) is 0 Å². The van der Waals surface area contributed by atoms with Crippen LogP contribution in [0.15, 0.2) is 55.1 Å². The fourth-order valence-corrected chi connectivity index (χ4v) is 4.77. The average molecular weight is 417 g/mol. The number of fused-ring (bicyclic) bond motifs is 1. The molecule has 1 atom stereocenters. The quantitative estimate of drug-likeness (QED) is 0.505. The Hall–Kier alpha value is -3.03. The first-order chi connectivity index (χ1) is 15.0. The maximum atomic E-state index is 9.83. The molecule has 31 heavy (non-hydrogen) atoms. The summed E-state index contributed by atoms with van der Waals surface area (Å²) in [6.07, 6.45) is 8.21. The SMILES string of the molecule is CCc1nn2cccnc2c1C(C)(C)c1ccc(C(c2cn[nH]c2)N2CC(O)C2)cc1. The molecule has 1 aromatic carbocycles. The molecule has 4 heterocycles.